The first-order valence-electron chi connectivity index (χ1n) is 14.0. The molecule has 2 saturated heterocycles. The number of carbonyl (C=O) groups is 1. The van der Waals surface area contributed by atoms with E-state index in [1.54, 1.807) is 19.4 Å². The molecule has 12 heteroatoms. The zero-order chi connectivity index (χ0) is 27.3. The molecule has 0 radical (unpaired) electrons. The van der Waals surface area contributed by atoms with Crippen molar-refractivity contribution in [3.63, 3.8) is 0 Å². The maximum atomic E-state index is 13.2. The predicted molar refractivity (Wildman–Crippen MR) is 152 cm³/mol. The summed E-state index contributed by atoms with van der Waals surface area (Å²) in [7, 11) is 1.61. The number of morpholine rings is 1. The van der Waals surface area contributed by atoms with Gasteiger partial charge in [-0.1, -0.05) is 0 Å². The van der Waals surface area contributed by atoms with E-state index in [0.717, 1.165) is 82.7 Å². The van der Waals surface area contributed by atoms with Crippen molar-refractivity contribution in [1.29, 1.82) is 0 Å². The SMILES string of the molecule is COc1c(OCCCN2CCOCC2)ccc2c1N=C(NC(=O)c1ccc(N3CCNCC3)nc1)N1CCN=C21. The van der Waals surface area contributed by atoms with Crippen LogP contribution in [0.5, 0.6) is 11.5 Å². The Morgan fingerprint density at radius 3 is 2.73 bits per heavy atom. The summed E-state index contributed by atoms with van der Waals surface area (Å²) in [6, 6.07) is 7.58. The number of nitrogens with zero attached hydrogens (tertiary/aromatic N) is 6. The van der Waals surface area contributed by atoms with Crippen molar-refractivity contribution in [3.05, 3.63) is 41.6 Å². The zero-order valence-electron chi connectivity index (χ0n) is 22.9. The van der Waals surface area contributed by atoms with Gasteiger partial charge in [0.2, 0.25) is 5.96 Å². The first-order valence-corrected chi connectivity index (χ1v) is 14.0. The van der Waals surface area contributed by atoms with E-state index in [1.807, 2.05) is 23.1 Å². The molecule has 1 amide bonds. The first kappa shape index (κ1) is 26.5. The smallest absolute Gasteiger partial charge is 0.259 e. The van der Waals surface area contributed by atoms with Crippen LogP contribution < -0.4 is 25.0 Å². The van der Waals surface area contributed by atoms with Gasteiger partial charge in [0.1, 0.15) is 17.3 Å². The molecule has 2 aromatic rings. The van der Waals surface area contributed by atoms with Crippen LogP contribution in [0, 0.1) is 0 Å². The predicted octanol–water partition coefficient (Wildman–Crippen LogP) is 1.09. The summed E-state index contributed by atoms with van der Waals surface area (Å²) < 4.78 is 17.3. The minimum absolute atomic E-state index is 0.276. The van der Waals surface area contributed by atoms with Crippen LogP contribution >= 0.6 is 0 Å². The fraction of sp³-hybridized carbons (Fsp3) is 0.500. The molecule has 0 saturated carbocycles. The molecule has 40 heavy (non-hydrogen) atoms. The van der Waals surface area contributed by atoms with Crippen LogP contribution in [0.4, 0.5) is 11.5 Å². The number of aromatic nitrogens is 1. The Hall–Kier alpha value is -3.74. The number of pyridine rings is 1. The van der Waals surface area contributed by atoms with Crippen molar-refractivity contribution in [3.8, 4) is 11.5 Å². The van der Waals surface area contributed by atoms with Crippen LogP contribution in [0.1, 0.15) is 22.3 Å². The average molecular weight is 549 g/mol. The number of fused-ring (bicyclic) bond motifs is 3. The molecule has 6 rings (SSSR count). The minimum Gasteiger partial charge on any atom is -0.491 e. The maximum Gasteiger partial charge on any atom is 0.259 e. The van der Waals surface area contributed by atoms with Gasteiger partial charge in [-0.3, -0.25) is 24.9 Å². The summed E-state index contributed by atoms with van der Waals surface area (Å²) in [5.41, 5.74) is 1.93. The molecule has 5 heterocycles. The van der Waals surface area contributed by atoms with Crippen molar-refractivity contribution in [2.45, 2.75) is 6.42 Å². The quantitative estimate of drug-likeness (QED) is 0.468. The Balaban J connectivity index is 1.17. The van der Waals surface area contributed by atoms with Crippen molar-refractivity contribution in [2.75, 3.05) is 90.7 Å². The van der Waals surface area contributed by atoms with E-state index < -0.39 is 0 Å². The van der Waals surface area contributed by atoms with Crippen LogP contribution in [0.15, 0.2) is 40.4 Å². The molecule has 4 aliphatic rings. The van der Waals surface area contributed by atoms with Gasteiger partial charge in [0.25, 0.3) is 5.91 Å². The topological polar surface area (TPSA) is 116 Å². The summed E-state index contributed by atoms with van der Waals surface area (Å²) in [5.74, 6) is 2.94. The Labute approximate surface area is 234 Å². The van der Waals surface area contributed by atoms with Gasteiger partial charge in [-0.15, -0.1) is 0 Å². The van der Waals surface area contributed by atoms with E-state index in [-0.39, 0.29) is 5.91 Å². The summed E-state index contributed by atoms with van der Waals surface area (Å²) in [6.45, 7) is 9.91. The minimum atomic E-state index is -0.276. The Kier molecular flexibility index (Phi) is 8.07. The van der Waals surface area contributed by atoms with Gasteiger partial charge >= 0.3 is 0 Å². The normalized spacial score (nSPS) is 18.9. The molecule has 0 bridgehead atoms. The number of piperazine rings is 1. The summed E-state index contributed by atoms with van der Waals surface area (Å²) >= 11 is 0. The van der Waals surface area contributed by atoms with Crippen molar-refractivity contribution in [1.82, 2.24) is 25.4 Å². The number of amidine groups is 1. The fourth-order valence-electron chi connectivity index (χ4n) is 5.37. The van der Waals surface area contributed by atoms with E-state index in [4.69, 9.17) is 24.2 Å². The maximum absolute atomic E-state index is 13.2. The van der Waals surface area contributed by atoms with Crippen LogP contribution in [-0.2, 0) is 4.74 Å². The van der Waals surface area contributed by atoms with Crippen LogP contribution in [0.25, 0.3) is 0 Å². The first-order chi connectivity index (χ1) is 19.7. The Morgan fingerprint density at radius 1 is 1.10 bits per heavy atom. The lowest BCUT2D eigenvalue weighted by molar-refractivity contribution is 0.0357. The summed E-state index contributed by atoms with van der Waals surface area (Å²) in [5, 5.41) is 6.32. The van der Waals surface area contributed by atoms with E-state index in [9.17, 15) is 4.79 Å². The summed E-state index contributed by atoms with van der Waals surface area (Å²) in [4.78, 5) is 33.9. The molecule has 0 atom stereocenters. The second kappa shape index (κ2) is 12.2. The molecule has 212 valence electrons. The number of methoxy groups -OCH3 is 1. The van der Waals surface area contributed by atoms with Gasteiger partial charge in [0, 0.05) is 64.1 Å². The summed E-state index contributed by atoms with van der Waals surface area (Å²) in [6.07, 6.45) is 2.51. The number of ether oxygens (including phenoxy) is 3. The van der Waals surface area contributed by atoms with Crippen molar-refractivity contribution in [2.24, 2.45) is 9.98 Å². The van der Waals surface area contributed by atoms with Gasteiger partial charge in [0.05, 0.1) is 39.0 Å². The molecule has 0 unspecified atom stereocenters. The third-order valence-corrected chi connectivity index (χ3v) is 7.51. The fourth-order valence-corrected chi connectivity index (χ4v) is 5.37. The Bertz CT molecular complexity index is 1270. The monoisotopic (exact) mass is 548 g/mol. The van der Waals surface area contributed by atoms with Gasteiger partial charge in [-0.2, -0.15) is 0 Å². The largest absolute Gasteiger partial charge is 0.491 e. The average Bonchev–Trinajstić information content (AvgIpc) is 3.51. The molecule has 2 N–H and O–H groups in total. The third-order valence-electron chi connectivity index (χ3n) is 7.51. The van der Waals surface area contributed by atoms with Crippen molar-refractivity contribution >= 4 is 29.2 Å². The molecule has 0 spiro atoms. The lowest BCUT2D eigenvalue weighted by Crippen LogP contribution is -2.47. The van der Waals surface area contributed by atoms with Crippen molar-refractivity contribution < 1.29 is 19.0 Å². The molecule has 12 nitrogen and oxygen atoms in total. The van der Waals surface area contributed by atoms with Gasteiger partial charge in [0.15, 0.2) is 11.5 Å². The van der Waals surface area contributed by atoms with Gasteiger partial charge in [-0.05, 0) is 30.7 Å². The number of rotatable bonds is 8. The van der Waals surface area contributed by atoms with E-state index in [1.165, 1.54) is 0 Å². The number of anilines is 1. The molecular weight excluding hydrogens is 512 g/mol. The molecule has 1 aromatic heterocycles. The second-order valence-electron chi connectivity index (χ2n) is 10.0. The number of nitrogens with one attached hydrogen (secondary N) is 2. The van der Waals surface area contributed by atoms with E-state index in [2.05, 4.69) is 25.4 Å². The highest BCUT2D eigenvalue weighted by Gasteiger charge is 2.33. The molecule has 4 aliphatic heterocycles. The standard InChI is InChI=1S/C28H36N8O4/c1-38-25-22(40-16-2-10-34-14-17-39-18-15-34)5-4-21-24(25)32-28(36-13-9-30-26(21)36)33-27(37)20-3-6-23(31-19-20)35-11-7-29-8-12-35/h3-6,19,29H,2,7-18H2,1H3,(H,32,33,37). The van der Waals surface area contributed by atoms with E-state index >= 15 is 0 Å². The third kappa shape index (κ3) is 5.60. The van der Waals surface area contributed by atoms with Crippen LogP contribution in [0.3, 0.4) is 0 Å². The molecule has 0 aliphatic carbocycles. The van der Waals surface area contributed by atoms with Crippen LogP contribution in [-0.4, -0.2) is 118 Å². The van der Waals surface area contributed by atoms with Gasteiger partial charge in [-0.25, -0.2) is 9.98 Å². The second-order valence-corrected chi connectivity index (χ2v) is 10.0. The number of benzene rings is 1. The highest BCUT2D eigenvalue weighted by molar-refractivity contribution is 6.20. The van der Waals surface area contributed by atoms with E-state index in [0.29, 0.717) is 48.4 Å². The van der Waals surface area contributed by atoms with Gasteiger partial charge < -0.3 is 24.4 Å². The lowest BCUT2D eigenvalue weighted by atomic mass is 10.1. The zero-order valence-corrected chi connectivity index (χ0v) is 22.9. The van der Waals surface area contributed by atoms with Crippen LogP contribution in [0.2, 0.25) is 0 Å². The molecular formula is C28H36N8O4. The number of hydrogen-bond acceptors (Lipinski definition) is 11. The number of hydrogen-bond donors (Lipinski definition) is 2. The number of aliphatic imine (C=N–C) groups is 2. The highest BCUT2D eigenvalue weighted by atomic mass is 16.5. The number of carbonyl (C=O) groups excluding carboxylic acids is 1. The highest BCUT2D eigenvalue weighted by Crippen LogP contribution is 2.43. The Morgan fingerprint density at radius 2 is 1.95 bits per heavy atom. The lowest BCUT2D eigenvalue weighted by Gasteiger charge is -2.29. The number of amides is 1. The molecule has 2 fully saturated rings. The molecule has 1 aromatic carbocycles. The number of guanidine groups is 1.